The van der Waals surface area contributed by atoms with Crippen molar-refractivity contribution in [2.45, 2.75) is 25.3 Å². The van der Waals surface area contributed by atoms with Crippen molar-refractivity contribution in [2.24, 2.45) is 0 Å². The molecule has 2 aromatic heterocycles. The Morgan fingerprint density at radius 2 is 1.88 bits per heavy atom. The maximum atomic E-state index is 12.5. The first-order valence-electron chi connectivity index (χ1n) is 8.38. The van der Waals surface area contributed by atoms with E-state index >= 15 is 0 Å². The first-order chi connectivity index (χ1) is 11.8. The average Bonchev–Trinajstić information content (AvgIpc) is 3.12. The fourth-order valence-electron chi connectivity index (χ4n) is 3.27. The van der Waals surface area contributed by atoms with E-state index in [4.69, 9.17) is 0 Å². The molecule has 1 aromatic carbocycles. The number of aromatic amines is 1. The lowest BCUT2D eigenvalue weighted by atomic mass is 9.96. The molecule has 5 nitrogen and oxygen atoms in total. The minimum atomic E-state index is -0.105. The minimum Gasteiger partial charge on any atom is -0.346 e. The van der Waals surface area contributed by atoms with Crippen LogP contribution in [0.1, 0.15) is 41.2 Å². The number of H-pyrrole nitrogens is 1. The van der Waals surface area contributed by atoms with Crippen molar-refractivity contribution in [3.63, 3.8) is 0 Å². The van der Waals surface area contributed by atoms with Crippen LogP contribution < -0.4 is 10.6 Å². The molecule has 26 heavy (non-hydrogen) atoms. The monoisotopic (exact) mass is 480 g/mol. The highest BCUT2D eigenvalue weighted by Gasteiger charge is 2.15. The third-order valence-electron chi connectivity index (χ3n) is 4.59. The molecule has 3 aromatic rings. The van der Waals surface area contributed by atoms with Gasteiger partial charge in [-0.1, -0.05) is 18.6 Å². The largest absolute Gasteiger partial charge is 0.346 e. The highest BCUT2D eigenvalue weighted by atomic mass is 79.9. The summed E-state index contributed by atoms with van der Waals surface area (Å²) in [5, 5.41) is 7.41. The van der Waals surface area contributed by atoms with E-state index in [0.717, 1.165) is 29.7 Å². The van der Waals surface area contributed by atoms with Gasteiger partial charge in [0, 0.05) is 29.4 Å². The molecular formula is C19H22Br2N4O. The van der Waals surface area contributed by atoms with Crippen LogP contribution in [0.5, 0.6) is 0 Å². The Bertz CT molecular complexity index is 857. The second kappa shape index (κ2) is 9.30. The van der Waals surface area contributed by atoms with Crippen molar-refractivity contribution in [1.82, 2.24) is 15.3 Å². The number of halogens is 2. The van der Waals surface area contributed by atoms with Gasteiger partial charge in [0.2, 0.25) is 0 Å². The molecule has 7 heteroatoms. The summed E-state index contributed by atoms with van der Waals surface area (Å²) in [6.07, 6.45) is 7.17. The van der Waals surface area contributed by atoms with Crippen LogP contribution in [0.25, 0.3) is 11.0 Å². The van der Waals surface area contributed by atoms with Crippen molar-refractivity contribution >= 4 is 56.6 Å². The number of rotatable bonds is 3. The summed E-state index contributed by atoms with van der Waals surface area (Å²) < 4.78 is 0. The van der Waals surface area contributed by atoms with Crippen LogP contribution in [0.3, 0.4) is 0 Å². The predicted octanol–water partition coefficient (Wildman–Crippen LogP) is 4.79. The average molecular weight is 482 g/mol. The van der Waals surface area contributed by atoms with Gasteiger partial charge in [-0.25, -0.2) is 4.98 Å². The van der Waals surface area contributed by atoms with E-state index in [1.54, 1.807) is 6.20 Å². The smallest absolute Gasteiger partial charge is 0.255 e. The quantitative estimate of drug-likeness (QED) is 0.503. The number of pyridine rings is 1. The number of nitrogens with zero attached hydrogens (tertiary/aromatic N) is 1. The number of fused-ring (bicyclic) bond motifs is 1. The third kappa shape index (κ3) is 4.34. The summed E-state index contributed by atoms with van der Waals surface area (Å²) in [5.41, 5.74) is 3.45. The summed E-state index contributed by atoms with van der Waals surface area (Å²) in [6.45, 7) is 1.07. The lowest BCUT2D eigenvalue weighted by molar-refractivity contribution is 0.102. The number of piperidine rings is 1. The summed E-state index contributed by atoms with van der Waals surface area (Å²) >= 11 is 0. The molecule has 1 saturated heterocycles. The van der Waals surface area contributed by atoms with E-state index in [1.165, 1.54) is 18.4 Å². The Labute approximate surface area is 173 Å². The zero-order chi connectivity index (χ0) is 16.4. The Morgan fingerprint density at radius 3 is 2.62 bits per heavy atom. The molecule has 0 aliphatic carbocycles. The SMILES string of the molecule is Br.Br.O=C(Nc1ccnc2[nH]ccc12)c1ccc(C2CCCCN2)cc1. The Balaban J connectivity index is 0.00000121. The van der Waals surface area contributed by atoms with Crippen molar-refractivity contribution < 1.29 is 4.79 Å². The lowest BCUT2D eigenvalue weighted by Crippen LogP contribution is -2.26. The van der Waals surface area contributed by atoms with Gasteiger partial charge in [-0.3, -0.25) is 4.79 Å². The van der Waals surface area contributed by atoms with Gasteiger partial charge in [0.1, 0.15) is 5.65 Å². The molecule has 3 N–H and O–H groups in total. The van der Waals surface area contributed by atoms with Gasteiger partial charge >= 0.3 is 0 Å². The maximum Gasteiger partial charge on any atom is 0.255 e. The molecule has 1 atom stereocenters. The summed E-state index contributed by atoms with van der Waals surface area (Å²) in [6, 6.07) is 12.0. The van der Waals surface area contributed by atoms with Gasteiger partial charge in [0.15, 0.2) is 0 Å². The van der Waals surface area contributed by atoms with E-state index in [9.17, 15) is 4.79 Å². The van der Waals surface area contributed by atoms with E-state index in [-0.39, 0.29) is 39.9 Å². The Morgan fingerprint density at radius 1 is 1.08 bits per heavy atom. The Hall–Kier alpha value is -1.70. The first-order valence-corrected chi connectivity index (χ1v) is 8.38. The number of carbonyl (C=O) groups is 1. The van der Waals surface area contributed by atoms with Crippen molar-refractivity contribution in [2.75, 3.05) is 11.9 Å². The van der Waals surface area contributed by atoms with Crippen LogP contribution in [0, 0.1) is 0 Å². The van der Waals surface area contributed by atoms with Gasteiger partial charge in [0.25, 0.3) is 5.91 Å². The lowest BCUT2D eigenvalue weighted by Gasteiger charge is -2.23. The van der Waals surface area contributed by atoms with E-state index in [0.29, 0.717) is 11.6 Å². The maximum absolute atomic E-state index is 12.5. The minimum absolute atomic E-state index is 0. The van der Waals surface area contributed by atoms with E-state index in [2.05, 4.69) is 32.7 Å². The van der Waals surface area contributed by atoms with E-state index < -0.39 is 0 Å². The van der Waals surface area contributed by atoms with Gasteiger partial charge < -0.3 is 15.6 Å². The number of nitrogens with one attached hydrogen (secondary N) is 3. The van der Waals surface area contributed by atoms with Gasteiger partial charge in [-0.2, -0.15) is 0 Å². The molecule has 1 aliphatic heterocycles. The number of aromatic nitrogens is 2. The second-order valence-corrected chi connectivity index (χ2v) is 6.18. The van der Waals surface area contributed by atoms with Crippen molar-refractivity contribution in [1.29, 1.82) is 0 Å². The molecular weight excluding hydrogens is 460 g/mol. The predicted molar refractivity (Wildman–Crippen MR) is 116 cm³/mol. The van der Waals surface area contributed by atoms with E-state index in [1.807, 2.05) is 30.5 Å². The molecule has 0 bridgehead atoms. The van der Waals surface area contributed by atoms with Gasteiger partial charge in [0.05, 0.1) is 5.69 Å². The zero-order valence-corrected chi connectivity index (χ0v) is 17.6. The normalized spacial score (nSPS) is 16.4. The van der Waals surface area contributed by atoms with Crippen LogP contribution in [-0.2, 0) is 0 Å². The van der Waals surface area contributed by atoms with Crippen molar-refractivity contribution in [3.05, 3.63) is 59.9 Å². The highest BCUT2D eigenvalue weighted by molar-refractivity contribution is 8.93. The second-order valence-electron chi connectivity index (χ2n) is 6.18. The highest BCUT2D eigenvalue weighted by Crippen LogP contribution is 2.24. The molecule has 1 amide bonds. The molecule has 138 valence electrons. The van der Waals surface area contributed by atoms with Crippen LogP contribution >= 0.6 is 34.0 Å². The summed E-state index contributed by atoms with van der Waals surface area (Å²) in [5.74, 6) is -0.105. The molecule has 0 saturated carbocycles. The van der Waals surface area contributed by atoms with Crippen molar-refractivity contribution in [3.8, 4) is 0 Å². The number of anilines is 1. The fourth-order valence-corrected chi connectivity index (χ4v) is 3.27. The summed E-state index contributed by atoms with van der Waals surface area (Å²) in [4.78, 5) is 19.8. The standard InChI is InChI=1S/C19H20N4O.2BrH/c24-19(23-17-9-12-22-18-15(17)8-11-21-18)14-6-4-13(5-7-14)16-3-1-2-10-20-16;;/h4-9,11-12,16,20H,1-3,10H2,(H2,21,22,23,24);2*1H. The fraction of sp³-hybridized carbons (Fsp3) is 0.263. The van der Waals surface area contributed by atoms with Crippen LogP contribution in [0.4, 0.5) is 5.69 Å². The molecule has 3 heterocycles. The molecule has 1 unspecified atom stereocenters. The van der Waals surface area contributed by atoms with Gasteiger partial charge in [-0.15, -0.1) is 34.0 Å². The van der Waals surface area contributed by atoms with Crippen LogP contribution in [0.15, 0.2) is 48.8 Å². The topological polar surface area (TPSA) is 69.8 Å². The third-order valence-corrected chi connectivity index (χ3v) is 4.59. The van der Waals surface area contributed by atoms with Crippen LogP contribution in [0.2, 0.25) is 0 Å². The molecule has 4 rings (SSSR count). The van der Waals surface area contributed by atoms with Gasteiger partial charge in [-0.05, 0) is 49.2 Å². The Kier molecular flexibility index (Phi) is 7.37. The number of amides is 1. The number of hydrogen-bond donors (Lipinski definition) is 3. The molecule has 0 spiro atoms. The zero-order valence-electron chi connectivity index (χ0n) is 14.2. The molecule has 0 radical (unpaired) electrons. The number of hydrogen-bond acceptors (Lipinski definition) is 3. The summed E-state index contributed by atoms with van der Waals surface area (Å²) in [7, 11) is 0. The number of benzene rings is 1. The molecule has 1 aliphatic rings. The molecule has 1 fully saturated rings. The first kappa shape index (κ1) is 20.6. The number of carbonyl (C=O) groups excluding carboxylic acids is 1. The van der Waals surface area contributed by atoms with Crippen LogP contribution in [-0.4, -0.2) is 22.4 Å².